The molecule has 0 amide bonds. The Kier molecular flexibility index (Phi) is 4.55. The number of benzene rings is 2. The summed E-state index contributed by atoms with van der Waals surface area (Å²) in [5.74, 6) is 1.41. The Morgan fingerprint density at radius 2 is 1.89 bits per heavy atom. The molecule has 0 saturated carbocycles. The maximum Gasteiger partial charge on any atom is 0.133 e. The summed E-state index contributed by atoms with van der Waals surface area (Å²) in [5.41, 5.74) is 1.83. The highest BCUT2D eigenvalue weighted by molar-refractivity contribution is 5.39. The number of rotatable bonds is 5. The van der Waals surface area contributed by atoms with Gasteiger partial charge in [0.05, 0.1) is 12.7 Å². The van der Waals surface area contributed by atoms with E-state index < -0.39 is 6.10 Å². The van der Waals surface area contributed by atoms with Crippen LogP contribution in [-0.2, 0) is 11.3 Å². The van der Waals surface area contributed by atoms with Crippen molar-refractivity contribution in [2.24, 2.45) is 0 Å². The van der Waals surface area contributed by atoms with Gasteiger partial charge < -0.3 is 14.6 Å². The van der Waals surface area contributed by atoms with E-state index in [4.69, 9.17) is 9.47 Å². The molecule has 3 nitrogen and oxygen atoms in total. The summed E-state index contributed by atoms with van der Waals surface area (Å²) in [6.45, 7) is 2.28. The Hall–Kier alpha value is -1.84. The molecule has 0 aliphatic heterocycles. The summed E-state index contributed by atoms with van der Waals surface area (Å²) in [4.78, 5) is 0. The second-order valence-corrected chi connectivity index (χ2v) is 4.40. The molecule has 1 atom stereocenters. The van der Waals surface area contributed by atoms with Crippen LogP contribution in [0.15, 0.2) is 48.5 Å². The van der Waals surface area contributed by atoms with Crippen molar-refractivity contribution in [2.75, 3.05) is 7.11 Å². The maximum atomic E-state index is 9.72. The van der Waals surface area contributed by atoms with Crippen molar-refractivity contribution in [3.63, 3.8) is 0 Å². The number of hydrogen-bond donors (Lipinski definition) is 1. The molecule has 2 aromatic carbocycles. The monoisotopic (exact) mass is 258 g/mol. The van der Waals surface area contributed by atoms with Crippen molar-refractivity contribution < 1.29 is 14.6 Å². The minimum absolute atomic E-state index is 0.551. The van der Waals surface area contributed by atoms with Crippen LogP contribution in [0.3, 0.4) is 0 Å². The summed E-state index contributed by atoms with van der Waals surface area (Å²) in [7, 11) is 1.66. The highest BCUT2D eigenvalue weighted by Crippen LogP contribution is 2.29. The van der Waals surface area contributed by atoms with Crippen molar-refractivity contribution in [1.82, 2.24) is 0 Å². The molecular formula is C16H18O3. The fourth-order valence-corrected chi connectivity index (χ4v) is 1.91. The Balaban J connectivity index is 2.23. The predicted octanol–water partition coefficient (Wildman–Crippen LogP) is 3.68. The van der Waals surface area contributed by atoms with Gasteiger partial charge in [0.25, 0.3) is 0 Å². The lowest BCUT2D eigenvalue weighted by atomic mass is 10.1. The maximum absolute atomic E-state index is 9.72. The van der Waals surface area contributed by atoms with E-state index in [2.05, 4.69) is 0 Å². The smallest absolute Gasteiger partial charge is 0.133 e. The lowest BCUT2D eigenvalue weighted by Gasteiger charge is -2.13. The molecule has 3 heteroatoms. The highest BCUT2D eigenvalue weighted by Gasteiger charge is 2.09. The van der Waals surface area contributed by atoms with Crippen LogP contribution in [0.25, 0.3) is 0 Å². The fraction of sp³-hybridized carbons (Fsp3) is 0.250. The van der Waals surface area contributed by atoms with Gasteiger partial charge in [-0.3, -0.25) is 0 Å². The molecule has 0 aliphatic rings. The van der Waals surface area contributed by atoms with Crippen LogP contribution in [0, 0.1) is 0 Å². The molecule has 2 rings (SSSR count). The minimum Gasteiger partial charge on any atom is -0.457 e. The predicted molar refractivity (Wildman–Crippen MR) is 74.3 cm³/mol. The second-order valence-electron chi connectivity index (χ2n) is 4.40. The third-order valence-corrected chi connectivity index (χ3v) is 2.81. The molecule has 2 aromatic rings. The van der Waals surface area contributed by atoms with Crippen molar-refractivity contribution in [1.29, 1.82) is 0 Å². The van der Waals surface area contributed by atoms with E-state index >= 15 is 0 Å². The molecule has 0 unspecified atom stereocenters. The molecule has 19 heavy (non-hydrogen) atoms. The van der Waals surface area contributed by atoms with E-state index in [1.54, 1.807) is 14.0 Å². The van der Waals surface area contributed by atoms with Crippen LogP contribution >= 0.6 is 0 Å². The van der Waals surface area contributed by atoms with E-state index in [0.717, 1.165) is 16.9 Å². The van der Waals surface area contributed by atoms with Gasteiger partial charge in [0.1, 0.15) is 11.5 Å². The van der Waals surface area contributed by atoms with Gasteiger partial charge in [0, 0.05) is 12.7 Å². The molecule has 0 heterocycles. The van der Waals surface area contributed by atoms with E-state index in [0.29, 0.717) is 12.4 Å². The zero-order valence-electron chi connectivity index (χ0n) is 11.2. The topological polar surface area (TPSA) is 38.7 Å². The summed E-state index contributed by atoms with van der Waals surface area (Å²) >= 11 is 0. The Bertz CT molecular complexity index is 535. The molecule has 100 valence electrons. The molecule has 1 N–H and O–H groups in total. The fourth-order valence-electron chi connectivity index (χ4n) is 1.91. The zero-order valence-corrected chi connectivity index (χ0v) is 11.2. The number of aliphatic hydroxyl groups is 1. The van der Waals surface area contributed by atoms with Gasteiger partial charge in [-0.2, -0.15) is 0 Å². The lowest BCUT2D eigenvalue weighted by molar-refractivity contribution is 0.184. The Morgan fingerprint density at radius 1 is 1.11 bits per heavy atom. The van der Waals surface area contributed by atoms with Crippen LogP contribution in [0.1, 0.15) is 24.2 Å². The summed E-state index contributed by atoms with van der Waals surface area (Å²) < 4.78 is 10.9. The average molecular weight is 258 g/mol. The second kappa shape index (κ2) is 6.36. The zero-order chi connectivity index (χ0) is 13.7. The average Bonchev–Trinajstić information content (AvgIpc) is 2.40. The number of ether oxygens (including phenoxy) is 2. The first-order valence-corrected chi connectivity index (χ1v) is 6.23. The van der Waals surface area contributed by atoms with E-state index in [1.807, 2.05) is 48.5 Å². The first-order valence-electron chi connectivity index (χ1n) is 6.23. The SMILES string of the molecule is COCc1cccc(Oc2ccccc2[C@@H](C)O)c1. The largest absolute Gasteiger partial charge is 0.457 e. The first-order chi connectivity index (χ1) is 9.20. The number of para-hydroxylation sites is 1. The summed E-state index contributed by atoms with van der Waals surface area (Å²) in [6, 6.07) is 15.2. The summed E-state index contributed by atoms with van der Waals surface area (Å²) in [6.07, 6.45) is -0.557. The number of hydrogen-bond acceptors (Lipinski definition) is 3. The van der Waals surface area contributed by atoms with Gasteiger partial charge in [0.15, 0.2) is 0 Å². The van der Waals surface area contributed by atoms with Crippen molar-refractivity contribution in [3.8, 4) is 11.5 Å². The third-order valence-electron chi connectivity index (χ3n) is 2.81. The van der Waals surface area contributed by atoms with Crippen LogP contribution in [-0.4, -0.2) is 12.2 Å². The van der Waals surface area contributed by atoms with Crippen molar-refractivity contribution in [3.05, 3.63) is 59.7 Å². The van der Waals surface area contributed by atoms with Crippen LogP contribution in [0.5, 0.6) is 11.5 Å². The Labute approximate surface area is 113 Å². The first kappa shape index (κ1) is 13.6. The van der Waals surface area contributed by atoms with Crippen molar-refractivity contribution in [2.45, 2.75) is 19.6 Å². The van der Waals surface area contributed by atoms with Gasteiger partial charge >= 0.3 is 0 Å². The van der Waals surface area contributed by atoms with Crippen LogP contribution in [0.4, 0.5) is 0 Å². The lowest BCUT2D eigenvalue weighted by Crippen LogP contribution is -1.96. The molecule has 0 radical (unpaired) electrons. The van der Waals surface area contributed by atoms with Crippen molar-refractivity contribution >= 4 is 0 Å². The molecule has 0 spiro atoms. The molecule has 0 aromatic heterocycles. The van der Waals surface area contributed by atoms with Crippen LogP contribution in [0.2, 0.25) is 0 Å². The normalized spacial score (nSPS) is 12.2. The number of aliphatic hydroxyl groups excluding tert-OH is 1. The standard InChI is InChI=1S/C16H18O3/c1-12(17)15-8-3-4-9-16(15)19-14-7-5-6-13(10-14)11-18-2/h3-10,12,17H,11H2,1-2H3/t12-/m1/s1. The minimum atomic E-state index is -0.557. The number of methoxy groups -OCH3 is 1. The molecule has 0 saturated heterocycles. The quantitative estimate of drug-likeness (QED) is 0.889. The van der Waals surface area contributed by atoms with Gasteiger partial charge in [0.2, 0.25) is 0 Å². The van der Waals surface area contributed by atoms with E-state index in [-0.39, 0.29) is 0 Å². The molecule has 0 bridgehead atoms. The molecule has 0 aliphatic carbocycles. The molecular weight excluding hydrogens is 240 g/mol. The van der Waals surface area contributed by atoms with Crippen LogP contribution < -0.4 is 4.74 Å². The molecule has 0 fully saturated rings. The summed E-state index contributed by atoms with van der Waals surface area (Å²) in [5, 5.41) is 9.72. The van der Waals surface area contributed by atoms with E-state index in [1.165, 1.54) is 0 Å². The van der Waals surface area contributed by atoms with Gasteiger partial charge in [-0.05, 0) is 30.7 Å². The Morgan fingerprint density at radius 3 is 2.63 bits per heavy atom. The third kappa shape index (κ3) is 3.56. The highest BCUT2D eigenvalue weighted by atomic mass is 16.5. The van der Waals surface area contributed by atoms with E-state index in [9.17, 15) is 5.11 Å². The van der Waals surface area contributed by atoms with Gasteiger partial charge in [-0.25, -0.2) is 0 Å². The van der Waals surface area contributed by atoms with Gasteiger partial charge in [-0.15, -0.1) is 0 Å². The van der Waals surface area contributed by atoms with Gasteiger partial charge in [-0.1, -0.05) is 30.3 Å².